The van der Waals surface area contributed by atoms with Gasteiger partial charge in [0.1, 0.15) is 0 Å². The summed E-state index contributed by atoms with van der Waals surface area (Å²) in [4.78, 5) is 33.3. The molecule has 1 aromatic carbocycles. The lowest BCUT2D eigenvalue weighted by Crippen LogP contribution is -2.02. The van der Waals surface area contributed by atoms with Crippen molar-refractivity contribution in [2.75, 3.05) is 0 Å². The second-order valence-electron chi connectivity index (χ2n) is 2.32. The third-order valence-corrected chi connectivity index (χ3v) is 1.25. The van der Waals surface area contributed by atoms with E-state index in [-0.39, 0.29) is 11.4 Å². The summed E-state index contributed by atoms with van der Waals surface area (Å²) in [6, 6.07) is 4.59. The molecule has 18 heavy (non-hydrogen) atoms. The molecule has 102 valence electrons. The van der Waals surface area contributed by atoms with Gasteiger partial charge >= 0.3 is 8.25 Å². The van der Waals surface area contributed by atoms with Crippen LogP contribution in [0.4, 0.5) is 11.4 Å². The Morgan fingerprint density at radius 1 is 1.06 bits per heavy atom. The average Bonchev–Trinajstić information content (AvgIpc) is 2.31. The molecule has 0 radical (unpaired) electrons. The van der Waals surface area contributed by atoms with E-state index in [1.807, 2.05) is 0 Å². The van der Waals surface area contributed by atoms with Crippen LogP contribution in [0.3, 0.4) is 0 Å². The van der Waals surface area contributed by atoms with E-state index in [1.165, 1.54) is 18.2 Å². The highest BCUT2D eigenvalue weighted by Gasteiger charge is 2.11. The molecule has 0 saturated carbocycles. The first-order chi connectivity index (χ1) is 8.34. The van der Waals surface area contributed by atoms with Gasteiger partial charge in [-0.2, -0.15) is 0 Å². The minimum absolute atomic E-state index is 0.274. The first-order valence-corrected chi connectivity index (χ1v) is 5.29. The molecule has 0 heterocycles. The lowest BCUT2D eigenvalue weighted by molar-refractivity contribution is -0.394. The normalized spacial score (nSPS) is 8.50. The number of hydrogen-bond donors (Lipinski definition) is 4. The summed E-state index contributed by atoms with van der Waals surface area (Å²) >= 11 is 0. The van der Waals surface area contributed by atoms with E-state index in [2.05, 4.69) is 11.7 Å². The van der Waals surface area contributed by atoms with E-state index >= 15 is 0 Å². The molecule has 1 rings (SSSR count). The number of nitro benzene ring substituents is 2. The molecular formula is C6H11N4O7P. The maximum Gasteiger partial charge on any atom is 0.314 e. The van der Waals surface area contributed by atoms with Gasteiger partial charge in [0.15, 0.2) is 0 Å². The van der Waals surface area contributed by atoms with Crippen molar-refractivity contribution in [3.8, 4) is 0 Å². The van der Waals surface area contributed by atoms with E-state index in [4.69, 9.17) is 14.4 Å². The van der Waals surface area contributed by atoms with Crippen molar-refractivity contribution >= 4 is 19.6 Å². The molecule has 0 fully saturated rings. The Labute approximate surface area is 101 Å². The number of nitrogens with two attached hydrogens (primary N) is 2. The van der Waals surface area contributed by atoms with Gasteiger partial charge in [-0.05, 0) is 6.07 Å². The smallest absolute Gasteiger partial charge is 0.314 e. The number of non-ortho nitro benzene ring substituents is 2. The Kier molecular flexibility index (Phi) is 10.5. The Balaban J connectivity index is 0. The molecule has 1 aromatic rings. The molecule has 0 atom stereocenters. The molecule has 0 unspecified atom stereocenters. The van der Waals surface area contributed by atoms with Gasteiger partial charge in [0.05, 0.1) is 15.9 Å². The molecule has 0 bridgehead atoms. The van der Waals surface area contributed by atoms with E-state index in [0.29, 0.717) is 0 Å². The number of hydrogen-bond acceptors (Lipinski definition) is 7. The highest BCUT2D eigenvalue weighted by Crippen LogP contribution is 2.18. The van der Waals surface area contributed by atoms with E-state index in [9.17, 15) is 20.2 Å². The summed E-state index contributed by atoms with van der Waals surface area (Å²) in [6.45, 7) is 0. The largest absolute Gasteiger partial charge is 0.326 e. The van der Waals surface area contributed by atoms with Crippen molar-refractivity contribution in [1.29, 1.82) is 0 Å². The minimum Gasteiger partial charge on any atom is -0.326 e. The predicted octanol–water partition coefficient (Wildman–Crippen LogP) is -0.318. The van der Waals surface area contributed by atoms with E-state index < -0.39 is 18.1 Å². The lowest BCUT2D eigenvalue weighted by Gasteiger charge is -1.90. The van der Waals surface area contributed by atoms with Crippen LogP contribution < -0.4 is 11.7 Å². The van der Waals surface area contributed by atoms with Gasteiger partial charge in [0.25, 0.3) is 11.4 Å². The van der Waals surface area contributed by atoms with Crippen LogP contribution in [0.25, 0.3) is 0 Å². The lowest BCUT2D eigenvalue weighted by atomic mass is 10.3. The zero-order valence-electron chi connectivity index (χ0n) is 8.79. The number of nitrogens with zero attached hydrogens (tertiary/aromatic N) is 2. The van der Waals surface area contributed by atoms with Crippen LogP contribution in [-0.2, 0) is 4.57 Å². The molecule has 0 amide bonds. The van der Waals surface area contributed by atoms with Gasteiger partial charge in [0, 0.05) is 12.1 Å². The summed E-state index contributed by atoms with van der Waals surface area (Å²) < 4.78 is 8.74. The van der Waals surface area contributed by atoms with Crippen molar-refractivity contribution in [2.24, 2.45) is 11.7 Å². The van der Waals surface area contributed by atoms with Crippen LogP contribution in [0, 0.1) is 20.2 Å². The fourth-order valence-electron chi connectivity index (χ4n) is 0.720. The topological polar surface area (TPSA) is 196 Å². The van der Waals surface area contributed by atoms with Crippen molar-refractivity contribution < 1.29 is 24.2 Å². The Morgan fingerprint density at radius 3 is 1.56 bits per heavy atom. The molecule has 0 aliphatic heterocycles. The van der Waals surface area contributed by atoms with Gasteiger partial charge < -0.3 is 9.79 Å². The fourth-order valence-corrected chi connectivity index (χ4v) is 0.720. The molecule has 0 aliphatic rings. The molecule has 0 aromatic heterocycles. The van der Waals surface area contributed by atoms with Crippen molar-refractivity contribution in [2.45, 2.75) is 0 Å². The van der Waals surface area contributed by atoms with Crippen LogP contribution in [0.1, 0.15) is 0 Å². The quantitative estimate of drug-likeness (QED) is 0.243. The maximum atomic E-state index is 10.2. The molecule has 12 heteroatoms. The van der Waals surface area contributed by atoms with E-state index in [1.54, 1.807) is 0 Å². The number of rotatable bonds is 2. The Bertz CT molecular complexity index is 393. The van der Waals surface area contributed by atoms with Gasteiger partial charge in [-0.15, -0.1) is 0 Å². The third kappa shape index (κ3) is 9.33. The summed E-state index contributed by atoms with van der Waals surface area (Å²) in [5.74, 6) is 8.00. The standard InChI is InChI=1S/C6H4N2O4.H4N2.H3O3P/c9-7(10)5-2-1-3-6(4-5)8(11)12;1-2;1-4(2)3/h1-4H;1-2H2;4H,(H2,1,2,3). The summed E-state index contributed by atoms with van der Waals surface area (Å²) in [7, 11) is -3.13. The highest BCUT2D eigenvalue weighted by molar-refractivity contribution is 7.30. The second-order valence-corrected chi connectivity index (χ2v) is 2.88. The SMILES string of the molecule is NN.O=[N+]([O-])c1cccc([N+](=O)[O-])c1.O=[PH](O)O. The van der Waals surface area contributed by atoms with Gasteiger partial charge in [-0.25, -0.2) is 0 Å². The van der Waals surface area contributed by atoms with Crippen molar-refractivity contribution in [3.63, 3.8) is 0 Å². The molecule has 6 N–H and O–H groups in total. The first-order valence-electron chi connectivity index (χ1n) is 3.98. The van der Waals surface area contributed by atoms with Crippen LogP contribution in [0.2, 0.25) is 0 Å². The Morgan fingerprint density at radius 2 is 1.33 bits per heavy atom. The van der Waals surface area contributed by atoms with Crippen LogP contribution >= 0.6 is 8.25 Å². The van der Waals surface area contributed by atoms with Crippen molar-refractivity contribution in [1.82, 2.24) is 0 Å². The van der Waals surface area contributed by atoms with Gasteiger partial charge in [-0.3, -0.25) is 36.5 Å². The monoisotopic (exact) mass is 282 g/mol. The van der Waals surface area contributed by atoms with Gasteiger partial charge in [-0.1, -0.05) is 0 Å². The predicted molar refractivity (Wildman–Crippen MR) is 61.6 cm³/mol. The molecule has 11 nitrogen and oxygen atoms in total. The van der Waals surface area contributed by atoms with Crippen LogP contribution in [0.15, 0.2) is 24.3 Å². The number of benzene rings is 1. The van der Waals surface area contributed by atoms with Crippen LogP contribution in [0.5, 0.6) is 0 Å². The molecule has 0 saturated heterocycles. The molecule has 0 spiro atoms. The summed E-state index contributed by atoms with van der Waals surface area (Å²) in [5.41, 5.74) is -0.548. The van der Waals surface area contributed by atoms with Crippen molar-refractivity contribution in [3.05, 3.63) is 44.5 Å². The fraction of sp³-hybridized carbons (Fsp3) is 0. The Hall–Kier alpha value is -1.91. The zero-order valence-corrected chi connectivity index (χ0v) is 9.79. The zero-order chi connectivity index (χ0) is 14.7. The van der Waals surface area contributed by atoms with Gasteiger partial charge in [0.2, 0.25) is 0 Å². The minimum atomic E-state index is -3.13. The molecular weight excluding hydrogens is 271 g/mol. The first kappa shape index (κ1) is 18.5. The number of nitro groups is 2. The van der Waals surface area contributed by atoms with E-state index in [0.717, 1.165) is 6.07 Å². The maximum absolute atomic E-state index is 10.2. The second kappa shape index (κ2) is 10.3. The third-order valence-electron chi connectivity index (χ3n) is 1.25. The van der Waals surface area contributed by atoms with Crippen LogP contribution in [-0.4, -0.2) is 19.6 Å². The average molecular weight is 282 g/mol. The molecule has 0 aliphatic carbocycles. The number of hydrazine groups is 1. The summed E-state index contributed by atoms with van der Waals surface area (Å²) in [5, 5.41) is 20.3. The summed E-state index contributed by atoms with van der Waals surface area (Å²) in [6.07, 6.45) is 0. The highest BCUT2D eigenvalue weighted by atomic mass is 31.1.